The highest BCUT2D eigenvalue weighted by molar-refractivity contribution is 6.68. The molecule has 0 aromatic heterocycles. The van der Waals surface area contributed by atoms with Gasteiger partial charge < -0.3 is 0 Å². The third-order valence-corrected chi connectivity index (χ3v) is 3.40. The first-order valence-corrected chi connectivity index (χ1v) is 6.67. The molecule has 0 aliphatic heterocycles. The number of carbonyl (C=O) groups is 1. The minimum atomic E-state index is -0.421. The predicted octanol–water partition coefficient (Wildman–Crippen LogP) is 5.03. The van der Waals surface area contributed by atoms with Crippen molar-refractivity contribution >= 4 is 16.8 Å². The summed E-state index contributed by atoms with van der Waals surface area (Å²) in [7, 11) is 0. The number of carbonyl (C=O) groups excluding carboxylic acids is 1. The lowest BCUT2D eigenvalue weighted by Crippen LogP contribution is -2.10. The minimum Gasteiger partial charge on any atom is -0.276 e. The van der Waals surface area contributed by atoms with Gasteiger partial charge in [-0.15, -0.1) is 0 Å². The van der Waals surface area contributed by atoms with Crippen molar-refractivity contribution in [3.63, 3.8) is 0 Å². The Hall–Kier alpha value is -1.60. The van der Waals surface area contributed by atoms with Crippen molar-refractivity contribution in [2.24, 2.45) is 0 Å². The number of hydrogen-bond donors (Lipinski definition) is 0. The van der Waals surface area contributed by atoms with E-state index in [9.17, 15) is 4.79 Å². The Bertz CT molecular complexity index is 591. The van der Waals surface area contributed by atoms with Crippen LogP contribution in [0, 0.1) is 0 Å². The molecule has 0 atom stereocenters. The fourth-order valence-corrected chi connectivity index (χ4v) is 2.22. The SMILES string of the molecule is CC(C)(C)c1ccc(-c2ccccc2C(=O)Cl)cc1. The van der Waals surface area contributed by atoms with E-state index < -0.39 is 5.24 Å². The molecule has 0 aliphatic carbocycles. The van der Waals surface area contributed by atoms with Gasteiger partial charge in [-0.2, -0.15) is 0 Å². The van der Waals surface area contributed by atoms with Gasteiger partial charge in [0.15, 0.2) is 0 Å². The van der Waals surface area contributed by atoms with E-state index in [2.05, 4.69) is 32.9 Å². The monoisotopic (exact) mass is 272 g/mol. The summed E-state index contributed by atoms with van der Waals surface area (Å²) in [6.45, 7) is 6.54. The third kappa shape index (κ3) is 3.05. The highest BCUT2D eigenvalue weighted by Crippen LogP contribution is 2.28. The topological polar surface area (TPSA) is 17.1 Å². The average molecular weight is 273 g/mol. The van der Waals surface area contributed by atoms with Crippen LogP contribution in [0.25, 0.3) is 11.1 Å². The Labute approximate surface area is 119 Å². The molecule has 0 unspecified atom stereocenters. The zero-order chi connectivity index (χ0) is 14.0. The van der Waals surface area contributed by atoms with Crippen molar-refractivity contribution in [1.29, 1.82) is 0 Å². The Balaban J connectivity index is 2.46. The molecule has 1 nitrogen and oxygen atoms in total. The molecule has 0 bridgehead atoms. The van der Waals surface area contributed by atoms with Crippen LogP contribution in [0.5, 0.6) is 0 Å². The zero-order valence-electron chi connectivity index (χ0n) is 11.4. The van der Waals surface area contributed by atoms with Gasteiger partial charge in [0.1, 0.15) is 0 Å². The summed E-state index contributed by atoms with van der Waals surface area (Å²) in [5, 5.41) is -0.421. The molecule has 19 heavy (non-hydrogen) atoms. The zero-order valence-corrected chi connectivity index (χ0v) is 12.2. The van der Waals surface area contributed by atoms with E-state index in [4.69, 9.17) is 11.6 Å². The second-order valence-corrected chi connectivity index (χ2v) is 5.99. The Morgan fingerprint density at radius 3 is 2.05 bits per heavy atom. The van der Waals surface area contributed by atoms with Gasteiger partial charge in [0, 0.05) is 5.56 Å². The highest BCUT2D eigenvalue weighted by atomic mass is 35.5. The van der Waals surface area contributed by atoms with E-state index >= 15 is 0 Å². The number of hydrogen-bond acceptors (Lipinski definition) is 1. The largest absolute Gasteiger partial charge is 0.276 e. The van der Waals surface area contributed by atoms with E-state index in [1.54, 1.807) is 6.07 Å². The molecule has 0 N–H and O–H groups in total. The van der Waals surface area contributed by atoms with Crippen LogP contribution in [0.3, 0.4) is 0 Å². The molecular formula is C17H17ClO. The first-order valence-electron chi connectivity index (χ1n) is 6.29. The second-order valence-electron chi connectivity index (χ2n) is 5.65. The summed E-state index contributed by atoms with van der Waals surface area (Å²) < 4.78 is 0. The van der Waals surface area contributed by atoms with Crippen molar-refractivity contribution in [3.8, 4) is 11.1 Å². The maximum atomic E-state index is 11.4. The van der Waals surface area contributed by atoms with Gasteiger partial charge in [0.05, 0.1) is 0 Å². The van der Waals surface area contributed by atoms with Gasteiger partial charge in [-0.05, 0) is 39.8 Å². The van der Waals surface area contributed by atoms with E-state index in [0.717, 1.165) is 11.1 Å². The van der Waals surface area contributed by atoms with E-state index in [-0.39, 0.29) is 5.41 Å². The van der Waals surface area contributed by atoms with Gasteiger partial charge in [-0.25, -0.2) is 0 Å². The van der Waals surface area contributed by atoms with Gasteiger partial charge in [0.2, 0.25) is 0 Å². The molecule has 0 radical (unpaired) electrons. The molecule has 0 saturated carbocycles. The standard InChI is InChI=1S/C17H17ClO/c1-17(2,3)13-10-8-12(9-11-13)14-6-4-5-7-15(14)16(18)19/h4-11H,1-3H3. The first-order chi connectivity index (χ1) is 8.89. The molecule has 0 saturated heterocycles. The quantitative estimate of drug-likeness (QED) is 0.701. The van der Waals surface area contributed by atoms with Crippen molar-refractivity contribution < 1.29 is 4.79 Å². The van der Waals surface area contributed by atoms with Crippen molar-refractivity contribution in [2.45, 2.75) is 26.2 Å². The summed E-state index contributed by atoms with van der Waals surface area (Å²) in [6.07, 6.45) is 0. The smallest absolute Gasteiger partial charge is 0.253 e. The van der Waals surface area contributed by atoms with Gasteiger partial charge in [-0.1, -0.05) is 63.2 Å². The van der Waals surface area contributed by atoms with Crippen LogP contribution in [-0.2, 0) is 5.41 Å². The summed E-state index contributed by atoms with van der Waals surface area (Å²) in [4.78, 5) is 11.4. The van der Waals surface area contributed by atoms with Gasteiger partial charge >= 0.3 is 0 Å². The molecule has 98 valence electrons. The molecule has 0 amide bonds. The normalized spacial score (nSPS) is 11.4. The number of halogens is 1. The summed E-state index contributed by atoms with van der Waals surface area (Å²) in [5.74, 6) is 0. The Morgan fingerprint density at radius 2 is 1.53 bits per heavy atom. The van der Waals surface area contributed by atoms with Crippen LogP contribution in [-0.4, -0.2) is 5.24 Å². The minimum absolute atomic E-state index is 0.125. The van der Waals surface area contributed by atoms with Crippen LogP contribution < -0.4 is 0 Å². The lowest BCUT2D eigenvalue weighted by molar-refractivity contribution is 0.108. The first kappa shape index (κ1) is 13.8. The van der Waals surface area contributed by atoms with E-state index in [0.29, 0.717) is 5.56 Å². The molecule has 0 heterocycles. The van der Waals surface area contributed by atoms with Crippen LogP contribution in [0.1, 0.15) is 36.7 Å². The average Bonchev–Trinajstić information content (AvgIpc) is 2.38. The Morgan fingerprint density at radius 1 is 0.947 bits per heavy atom. The summed E-state index contributed by atoms with van der Waals surface area (Å²) >= 11 is 5.62. The highest BCUT2D eigenvalue weighted by Gasteiger charge is 2.14. The van der Waals surface area contributed by atoms with Crippen molar-refractivity contribution in [3.05, 3.63) is 59.7 Å². The molecular weight excluding hydrogens is 256 g/mol. The molecule has 0 spiro atoms. The maximum Gasteiger partial charge on any atom is 0.253 e. The fraction of sp³-hybridized carbons (Fsp3) is 0.235. The maximum absolute atomic E-state index is 11.4. The molecule has 0 fully saturated rings. The Kier molecular flexibility index (Phi) is 3.77. The second kappa shape index (κ2) is 5.18. The van der Waals surface area contributed by atoms with Crippen LogP contribution >= 0.6 is 11.6 Å². The molecule has 0 aliphatic rings. The van der Waals surface area contributed by atoms with Crippen molar-refractivity contribution in [1.82, 2.24) is 0 Å². The number of rotatable bonds is 2. The number of benzene rings is 2. The van der Waals surface area contributed by atoms with Crippen LogP contribution in [0.2, 0.25) is 0 Å². The van der Waals surface area contributed by atoms with Crippen LogP contribution in [0.15, 0.2) is 48.5 Å². The van der Waals surface area contributed by atoms with Gasteiger partial charge in [0.25, 0.3) is 5.24 Å². The lowest BCUT2D eigenvalue weighted by atomic mass is 9.86. The molecule has 2 aromatic carbocycles. The summed E-state index contributed by atoms with van der Waals surface area (Å²) in [5.41, 5.74) is 3.83. The fourth-order valence-electron chi connectivity index (χ4n) is 2.06. The molecule has 2 aromatic rings. The van der Waals surface area contributed by atoms with Crippen molar-refractivity contribution in [2.75, 3.05) is 0 Å². The lowest BCUT2D eigenvalue weighted by Gasteiger charge is -2.19. The van der Waals surface area contributed by atoms with E-state index in [1.807, 2.05) is 30.3 Å². The van der Waals surface area contributed by atoms with Crippen LogP contribution in [0.4, 0.5) is 0 Å². The third-order valence-electron chi connectivity index (χ3n) is 3.20. The molecule has 2 rings (SSSR count). The predicted molar refractivity (Wildman–Crippen MR) is 80.8 cm³/mol. The van der Waals surface area contributed by atoms with Gasteiger partial charge in [-0.3, -0.25) is 4.79 Å². The molecule has 2 heteroatoms. The van der Waals surface area contributed by atoms with E-state index in [1.165, 1.54) is 5.56 Å². The summed E-state index contributed by atoms with van der Waals surface area (Å²) in [6, 6.07) is 15.7.